The lowest BCUT2D eigenvalue weighted by atomic mass is 10.2. The van der Waals surface area contributed by atoms with Crippen LogP contribution in [0.5, 0.6) is 0 Å². The van der Waals surface area contributed by atoms with Gasteiger partial charge in [0.2, 0.25) is 5.82 Å². The number of nitrogens with zero attached hydrogens (tertiary/aromatic N) is 2. The summed E-state index contributed by atoms with van der Waals surface area (Å²) in [5.74, 6) is 1.00. The van der Waals surface area contributed by atoms with Gasteiger partial charge in [-0.1, -0.05) is 11.6 Å². The van der Waals surface area contributed by atoms with Crippen LogP contribution in [0.2, 0.25) is 5.02 Å². The summed E-state index contributed by atoms with van der Waals surface area (Å²) in [4.78, 5) is 14.4. The molecule has 2 heterocycles. The van der Waals surface area contributed by atoms with E-state index in [1.54, 1.807) is 12.3 Å². The van der Waals surface area contributed by atoms with Crippen molar-refractivity contribution >= 4 is 23.1 Å². The van der Waals surface area contributed by atoms with Gasteiger partial charge in [-0.3, -0.25) is 10.1 Å². The molecule has 0 radical (unpaired) electrons. The molecular formula is C12H12ClN3O3. The third kappa shape index (κ3) is 3.45. The zero-order valence-corrected chi connectivity index (χ0v) is 10.9. The van der Waals surface area contributed by atoms with Crippen LogP contribution in [0.3, 0.4) is 0 Å². The minimum absolute atomic E-state index is 0.0569. The average Bonchev–Trinajstić information content (AvgIpc) is 2.83. The van der Waals surface area contributed by atoms with Crippen molar-refractivity contribution in [3.05, 3.63) is 51.6 Å². The Kier molecular flexibility index (Phi) is 4.01. The first kappa shape index (κ1) is 13.4. The fourth-order valence-electron chi connectivity index (χ4n) is 1.69. The molecule has 0 aliphatic carbocycles. The number of nitrogens with one attached hydrogen (secondary N) is 1. The standard InChI is InChI=1S/C12H12ClN3O3/c1-8(5-10-3-2-4-19-10)15-12-11(16(17)18)6-9(13)7-14-12/h2-4,6-8H,5H2,1H3,(H,14,15). The van der Waals surface area contributed by atoms with Crippen LogP contribution in [0.1, 0.15) is 12.7 Å². The Hall–Kier alpha value is -2.08. The molecule has 2 aromatic heterocycles. The van der Waals surface area contributed by atoms with E-state index in [9.17, 15) is 10.1 Å². The highest BCUT2D eigenvalue weighted by atomic mass is 35.5. The molecule has 0 aromatic carbocycles. The molecule has 0 saturated carbocycles. The SMILES string of the molecule is CC(Cc1ccco1)Nc1ncc(Cl)cc1[N+](=O)[O-]. The molecule has 0 saturated heterocycles. The van der Waals surface area contributed by atoms with Gasteiger partial charge in [0.15, 0.2) is 0 Å². The minimum atomic E-state index is -0.513. The van der Waals surface area contributed by atoms with Crippen LogP contribution in [0.25, 0.3) is 0 Å². The number of aromatic nitrogens is 1. The Bertz CT molecular complexity index is 572. The molecule has 0 bridgehead atoms. The summed E-state index contributed by atoms with van der Waals surface area (Å²) in [5.41, 5.74) is -0.140. The normalized spacial score (nSPS) is 12.1. The molecule has 0 aliphatic heterocycles. The molecule has 0 amide bonds. The van der Waals surface area contributed by atoms with Crippen molar-refractivity contribution in [1.29, 1.82) is 0 Å². The molecular weight excluding hydrogens is 270 g/mol. The molecule has 1 N–H and O–H groups in total. The van der Waals surface area contributed by atoms with Crippen LogP contribution < -0.4 is 5.32 Å². The first-order valence-electron chi connectivity index (χ1n) is 5.65. The fraction of sp³-hybridized carbons (Fsp3) is 0.250. The number of hydrogen-bond acceptors (Lipinski definition) is 5. The second kappa shape index (κ2) is 5.71. The van der Waals surface area contributed by atoms with Crippen molar-refractivity contribution < 1.29 is 9.34 Å². The van der Waals surface area contributed by atoms with Crippen LogP contribution >= 0.6 is 11.6 Å². The quantitative estimate of drug-likeness (QED) is 0.672. The van der Waals surface area contributed by atoms with Crippen molar-refractivity contribution in [1.82, 2.24) is 4.98 Å². The maximum atomic E-state index is 10.9. The number of rotatable bonds is 5. The summed E-state index contributed by atoms with van der Waals surface area (Å²) in [7, 11) is 0. The topological polar surface area (TPSA) is 81.2 Å². The van der Waals surface area contributed by atoms with Crippen LogP contribution in [0, 0.1) is 10.1 Å². The van der Waals surface area contributed by atoms with E-state index in [4.69, 9.17) is 16.0 Å². The van der Waals surface area contributed by atoms with Gasteiger partial charge >= 0.3 is 5.69 Å². The molecule has 1 unspecified atom stereocenters. The first-order chi connectivity index (χ1) is 9.06. The van der Waals surface area contributed by atoms with Crippen molar-refractivity contribution in [2.75, 3.05) is 5.32 Å². The third-order valence-corrected chi connectivity index (χ3v) is 2.71. The Morgan fingerprint density at radius 2 is 2.42 bits per heavy atom. The number of furan rings is 1. The molecule has 0 aliphatic rings. The highest BCUT2D eigenvalue weighted by Gasteiger charge is 2.18. The Balaban J connectivity index is 2.12. The summed E-state index contributed by atoms with van der Waals surface area (Å²) in [6, 6.07) is 4.86. The molecule has 0 fully saturated rings. The van der Waals surface area contributed by atoms with Gasteiger partial charge in [0.05, 0.1) is 16.2 Å². The van der Waals surface area contributed by atoms with Gasteiger partial charge in [-0.05, 0) is 19.1 Å². The largest absolute Gasteiger partial charge is 0.469 e. The zero-order chi connectivity index (χ0) is 13.8. The number of nitro groups is 1. The van der Waals surface area contributed by atoms with Gasteiger partial charge < -0.3 is 9.73 Å². The van der Waals surface area contributed by atoms with Crippen molar-refractivity contribution in [2.45, 2.75) is 19.4 Å². The summed E-state index contributed by atoms with van der Waals surface area (Å²) >= 11 is 5.70. The van der Waals surface area contributed by atoms with Crippen molar-refractivity contribution in [3.63, 3.8) is 0 Å². The number of halogens is 1. The Morgan fingerprint density at radius 3 is 3.05 bits per heavy atom. The van der Waals surface area contributed by atoms with Gasteiger partial charge in [-0.15, -0.1) is 0 Å². The van der Waals surface area contributed by atoms with E-state index >= 15 is 0 Å². The summed E-state index contributed by atoms with van der Waals surface area (Å²) in [6.45, 7) is 1.89. The predicted molar refractivity (Wildman–Crippen MR) is 71.4 cm³/mol. The monoisotopic (exact) mass is 281 g/mol. The van der Waals surface area contributed by atoms with E-state index < -0.39 is 4.92 Å². The molecule has 2 rings (SSSR count). The molecule has 19 heavy (non-hydrogen) atoms. The second-order valence-electron chi connectivity index (χ2n) is 4.11. The summed E-state index contributed by atoms with van der Waals surface area (Å²) < 4.78 is 5.22. The van der Waals surface area contributed by atoms with E-state index in [0.29, 0.717) is 6.42 Å². The van der Waals surface area contributed by atoms with Gasteiger partial charge in [-0.25, -0.2) is 4.98 Å². The Labute approximate surface area is 114 Å². The maximum Gasteiger partial charge on any atom is 0.312 e. The minimum Gasteiger partial charge on any atom is -0.469 e. The molecule has 7 heteroatoms. The lowest BCUT2D eigenvalue weighted by Gasteiger charge is -2.13. The second-order valence-corrected chi connectivity index (χ2v) is 4.54. The van der Waals surface area contributed by atoms with Gasteiger partial charge in [0.1, 0.15) is 5.76 Å². The van der Waals surface area contributed by atoms with Crippen molar-refractivity contribution in [2.24, 2.45) is 0 Å². The van der Waals surface area contributed by atoms with E-state index in [0.717, 1.165) is 5.76 Å². The summed E-state index contributed by atoms with van der Waals surface area (Å²) in [6.07, 6.45) is 3.57. The van der Waals surface area contributed by atoms with E-state index in [1.807, 2.05) is 13.0 Å². The predicted octanol–water partition coefficient (Wildman–Crippen LogP) is 3.28. The fourth-order valence-corrected chi connectivity index (χ4v) is 1.85. The van der Waals surface area contributed by atoms with E-state index in [-0.39, 0.29) is 22.6 Å². The number of anilines is 1. The van der Waals surface area contributed by atoms with Crippen LogP contribution in [0.15, 0.2) is 35.1 Å². The van der Waals surface area contributed by atoms with Gasteiger partial charge in [-0.2, -0.15) is 0 Å². The lowest BCUT2D eigenvalue weighted by molar-refractivity contribution is -0.384. The zero-order valence-electron chi connectivity index (χ0n) is 10.2. The maximum absolute atomic E-state index is 10.9. The molecule has 1 atom stereocenters. The molecule has 6 nitrogen and oxygen atoms in total. The molecule has 2 aromatic rings. The first-order valence-corrected chi connectivity index (χ1v) is 6.03. The lowest BCUT2D eigenvalue weighted by Crippen LogP contribution is -2.19. The van der Waals surface area contributed by atoms with Crippen LogP contribution in [-0.4, -0.2) is 15.9 Å². The highest BCUT2D eigenvalue weighted by Crippen LogP contribution is 2.25. The van der Waals surface area contributed by atoms with Crippen LogP contribution in [-0.2, 0) is 6.42 Å². The third-order valence-electron chi connectivity index (χ3n) is 2.50. The van der Waals surface area contributed by atoms with E-state index in [2.05, 4.69) is 10.3 Å². The molecule has 100 valence electrons. The highest BCUT2D eigenvalue weighted by molar-refractivity contribution is 6.30. The summed E-state index contributed by atoms with van der Waals surface area (Å²) in [5, 5.41) is 14.1. The van der Waals surface area contributed by atoms with E-state index in [1.165, 1.54) is 12.3 Å². The number of pyridine rings is 1. The van der Waals surface area contributed by atoms with Crippen molar-refractivity contribution in [3.8, 4) is 0 Å². The number of hydrogen-bond donors (Lipinski definition) is 1. The average molecular weight is 282 g/mol. The smallest absolute Gasteiger partial charge is 0.312 e. The van der Waals surface area contributed by atoms with Gasteiger partial charge in [0.25, 0.3) is 0 Å². The molecule has 0 spiro atoms. The Morgan fingerprint density at radius 1 is 1.63 bits per heavy atom. The van der Waals surface area contributed by atoms with Gasteiger partial charge in [0, 0.05) is 24.7 Å². The van der Waals surface area contributed by atoms with Crippen LogP contribution in [0.4, 0.5) is 11.5 Å².